The van der Waals surface area contributed by atoms with Crippen LogP contribution in [-0.4, -0.2) is 56.9 Å². The third-order valence-corrected chi connectivity index (χ3v) is 6.97. The smallest absolute Gasteiger partial charge is 0.260 e. The fourth-order valence-corrected chi connectivity index (χ4v) is 4.82. The van der Waals surface area contributed by atoms with Crippen LogP contribution < -0.4 is 25.7 Å². The Balaban J connectivity index is 1.84. The minimum Gasteiger partial charge on any atom is -0.495 e. The molecule has 0 radical (unpaired) electrons. The van der Waals surface area contributed by atoms with E-state index in [0.717, 1.165) is 0 Å². The van der Waals surface area contributed by atoms with Gasteiger partial charge in [-0.1, -0.05) is 29.8 Å². The van der Waals surface area contributed by atoms with E-state index >= 15 is 0 Å². The second-order valence-corrected chi connectivity index (χ2v) is 10.7. The molecule has 0 aliphatic carbocycles. The summed E-state index contributed by atoms with van der Waals surface area (Å²) in [4.78, 5) is 39.1. The number of rotatable bonds is 11. The number of carbonyl (C=O) groups excluding carboxylic acids is 1. The Bertz CT molecular complexity index is 1670. The summed E-state index contributed by atoms with van der Waals surface area (Å²) in [6, 6.07) is 6.63. The van der Waals surface area contributed by atoms with E-state index in [-0.39, 0.29) is 57.6 Å². The predicted octanol–water partition coefficient (Wildman–Crippen LogP) is 4.73. The maximum Gasteiger partial charge on any atom is 0.260 e. The van der Waals surface area contributed by atoms with Gasteiger partial charge in [-0.15, -0.1) is 0 Å². The lowest BCUT2D eigenvalue weighted by atomic mass is 10.0. The first-order chi connectivity index (χ1) is 19.9. The molecule has 0 aliphatic rings. The van der Waals surface area contributed by atoms with Crippen LogP contribution in [-0.2, 0) is 17.8 Å². The fourth-order valence-electron chi connectivity index (χ4n) is 4.11. The average molecular weight is 614 g/mol. The lowest BCUT2D eigenvalue weighted by Crippen LogP contribution is -2.30. The summed E-state index contributed by atoms with van der Waals surface area (Å²) in [6.07, 6.45) is 4.62. The van der Waals surface area contributed by atoms with Crippen LogP contribution in [0.4, 0.5) is 11.6 Å². The van der Waals surface area contributed by atoms with Gasteiger partial charge in [-0.3, -0.25) is 19.1 Å². The second kappa shape index (κ2) is 12.8. The Morgan fingerprint density at radius 1 is 1.12 bits per heavy atom. The van der Waals surface area contributed by atoms with Gasteiger partial charge in [0.1, 0.15) is 17.1 Å². The first-order valence-electron chi connectivity index (χ1n) is 12.8. The van der Waals surface area contributed by atoms with E-state index in [1.165, 1.54) is 31.1 Å². The van der Waals surface area contributed by atoms with Gasteiger partial charge in [-0.25, -0.2) is 4.98 Å². The molecule has 0 bridgehead atoms. The maximum absolute atomic E-state index is 14.1. The molecule has 3 heterocycles. The number of amides is 1. The summed E-state index contributed by atoms with van der Waals surface area (Å²) >= 11 is 13.3. The summed E-state index contributed by atoms with van der Waals surface area (Å²) in [7, 11) is 2.91. The Morgan fingerprint density at radius 3 is 2.38 bits per heavy atom. The lowest BCUT2D eigenvalue weighted by Gasteiger charge is -2.19. The summed E-state index contributed by atoms with van der Waals surface area (Å²) in [5, 5.41) is 16.6. The number of benzene rings is 1. The van der Waals surface area contributed by atoms with Crippen molar-refractivity contribution in [1.82, 2.24) is 19.5 Å². The number of aliphatic hydroxyl groups is 1. The zero-order valence-electron chi connectivity index (χ0n) is 23.5. The largest absolute Gasteiger partial charge is 0.495 e. The predicted molar refractivity (Wildman–Crippen MR) is 164 cm³/mol. The van der Waals surface area contributed by atoms with Crippen molar-refractivity contribution in [3.63, 3.8) is 0 Å². The normalized spacial score (nSPS) is 11.3. The highest BCUT2D eigenvalue weighted by atomic mass is 35.5. The van der Waals surface area contributed by atoms with E-state index in [1.807, 2.05) is 0 Å². The summed E-state index contributed by atoms with van der Waals surface area (Å²) in [5.74, 6) is 0.466. The third-order valence-electron chi connectivity index (χ3n) is 6.22. The van der Waals surface area contributed by atoms with E-state index in [2.05, 4.69) is 32.2 Å². The number of hydrogen-bond donors (Lipinski definition) is 3. The highest BCUT2D eigenvalue weighted by molar-refractivity contribution is 6.41. The summed E-state index contributed by atoms with van der Waals surface area (Å²) in [6.45, 7) is 7.12. The Hall–Kier alpha value is -4.19. The number of nitrogens with one attached hydrogen (secondary N) is 2. The minimum absolute atomic E-state index is 0.148. The number of hydrogen-bond acceptors (Lipinski definition) is 9. The van der Waals surface area contributed by atoms with Crippen LogP contribution in [0.2, 0.25) is 10.0 Å². The van der Waals surface area contributed by atoms with Crippen molar-refractivity contribution in [1.29, 1.82) is 0 Å². The number of carbonyl (C=O) groups is 1. The Kier molecular flexibility index (Phi) is 9.35. The van der Waals surface area contributed by atoms with Gasteiger partial charge < -0.3 is 25.2 Å². The molecule has 0 aliphatic heterocycles. The molecule has 11 nitrogen and oxygen atoms in total. The number of aromatic nitrogens is 4. The molecular formula is C29H30Cl2N6O5. The molecule has 0 saturated heterocycles. The topological polar surface area (TPSA) is 140 Å². The molecule has 13 heteroatoms. The SMILES string of the molecule is C=CC(=O)Nc1ccc(CCn2c(=O)c(-c3c(Cl)c(OC)cc(OC)c3Cl)cc3cnc(NCC(C)(C)O)nc32)nc1. The van der Waals surface area contributed by atoms with Crippen molar-refractivity contribution in [2.45, 2.75) is 32.4 Å². The van der Waals surface area contributed by atoms with Crippen molar-refractivity contribution < 1.29 is 19.4 Å². The van der Waals surface area contributed by atoms with E-state index in [4.69, 9.17) is 32.7 Å². The van der Waals surface area contributed by atoms with E-state index in [0.29, 0.717) is 28.8 Å². The second-order valence-electron chi connectivity index (χ2n) is 9.92. The van der Waals surface area contributed by atoms with E-state index in [1.54, 1.807) is 44.3 Å². The molecule has 3 N–H and O–H groups in total. The van der Waals surface area contributed by atoms with Crippen molar-refractivity contribution in [3.05, 3.63) is 75.4 Å². The Morgan fingerprint density at radius 2 is 1.81 bits per heavy atom. The van der Waals surface area contributed by atoms with Crippen LogP contribution in [0.25, 0.3) is 22.2 Å². The number of fused-ring (bicyclic) bond motifs is 1. The molecule has 1 aromatic carbocycles. The van der Waals surface area contributed by atoms with Crippen molar-refractivity contribution >= 4 is 51.8 Å². The van der Waals surface area contributed by atoms with Crippen LogP contribution in [0.3, 0.4) is 0 Å². The van der Waals surface area contributed by atoms with Crippen molar-refractivity contribution in [3.8, 4) is 22.6 Å². The maximum atomic E-state index is 14.1. The van der Waals surface area contributed by atoms with Crippen molar-refractivity contribution in [2.75, 3.05) is 31.4 Å². The van der Waals surface area contributed by atoms with Gasteiger partial charge in [0.05, 0.1) is 47.3 Å². The van der Waals surface area contributed by atoms with Crippen LogP contribution in [0.15, 0.2) is 54.1 Å². The molecular weight excluding hydrogens is 583 g/mol. The summed E-state index contributed by atoms with van der Waals surface area (Å²) < 4.78 is 12.3. The lowest BCUT2D eigenvalue weighted by molar-refractivity contribution is -0.111. The van der Waals surface area contributed by atoms with Gasteiger partial charge in [-0.05, 0) is 38.1 Å². The molecule has 3 aromatic heterocycles. The van der Waals surface area contributed by atoms with Gasteiger partial charge in [0, 0.05) is 48.4 Å². The van der Waals surface area contributed by atoms with Gasteiger partial charge >= 0.3 is 0 Å². The first-order valence-corrected chi connectivity index (χ1v) is 13.6. The molecule has 1 amide bonds. The minimum atomic E-state index is -1.01. The number of ether oxygens (including phenoxy) is 2. The molecule has 220 valence electrons. The third kappa shape index (κ3) is 6.81. The number of halogens is 2. The standard InChI is InChI=1S/C29H30Cl2N6O5/c1-6-22(38)35-18-8-7-17(32-14-18)9-10-37-26-16(13-33-28(36-26)34-15-29(2,3)40)11-19(27(37)39)23-24(30)20(41-4)12-21(42-5)25(23)31/h6-8,11-14,40H,1,9-10,15H2,2-5H3,(H,35,38)(H,33,34,36). The number of pyridine rings is 2. The molecule has 0 spiro atoms. The van der Waals surface area contributed by atoms with E-state index < -0.39 is 11.2 Å². The zero-order chi connectivity index (χ0) is 30.6. The number of nitrogens with zero attached hydrogens (tertiary/aromatic N) is 4. The van der Waals surface area contributed by atoms with Crippen LogP contribution >= 0.6 is 23.2 Å². The molecule has 0 unspecified atom stereocenters. The van der Waals surface area contributed by atoms with Gasteiger partial charge in [0.25, 0.3) is 5.56 Å². The van der Waals surface area contributed by atoms with Gasteiger partial charge in [0.15, 0.2) is 0 Å². The van der Waals surface area contributed by atoms with E-state index in [9.17, 15) is 14.7 Å². The fraction of sp³-hybridized carbons (Fsp3) is 0.276. The molecule has 42 heavy (non-hydrogen) atoms. The molecule has 0 saturated carbocycles. The highest BCUT2D eigenvalue weighted by Crippen LogP contribution is 2.45. The molecule has 4 rings (SSSR count). The Labute approximate surface area is 252 Å². The number of aryl methyl sites for hydroxylation is 2. The van der Waals surface area contributed by atoms with Crippen LogP contribution in [0.1, 0.15) is 19.5 Å². The highest BCUT2D eigenvalue weighted by Gasteiger charge is 2.23. The number of anilines is 2. The first kappa shape index (κ1) is 30.8. The molecule has 0 atom stereocenters. The van der Waals surface area contributed by atoms with Gasteiger partial charge in [-0.2, -0.15) is 4.98 Å². The van der Waals surface area contributed by atoms with Crippen LogP contribution in [0.5, 0.6) is 11.5 Å². The van der Waals surface area contributed by atoms with Crippen LogP contribution in [0, 0.1) is 0 Å². The van der Waals surface area contributed by atoms with Gasteiger partial charge in [0.2, 0.25) is 11.9 Å². The average Bonchev–Trinajstić information content (AvgIpc) is 2.96. The monoisotopic (exact) mass is 612 g/mol. The summed E-state index contributed by atoms with van der Waals surface area (Å²) in [5.41, 5.74) is 0.567. The molecule has 4 aromatic rings. The zero-order valence-corrected chi connectivity index (χ0v) is 25.0. The number of methoxy groups -OCH3 is 2. The quantitative estimate of drug-likeness (QED) is 0.205. The molecule has 0 fully saturated rings. The van der Waals surface area contributed by atoms with Crippen molar-refractivity contribution in [2.24, 2.45) is 0 Å².